The first kappa shape index (κ1) is 12.3. The van der Waals surface area contributed by atoms with Crippen LogP contribution in [0.15, 0.2) is 48.5 Å². The molecule has 0 atom stereocenters. The molecule has 0 aromatic heterocycles. The summed E-state index contributed by atoms with van der Waals surface area (Å²) in [7, 11) is 0. The molecule has 0 aliphatic rings. The van der Waals surface area contributed by atoms with Crippen LogP contribution < -0.4 is 4.74 Å². The molecule has 0 spiro atoms. The summed E-state index contributed by atoms with van der Waals surface area (Å²) in [5.41, 5.74) is 0.897. The zero-order chi connectivity index (χ0) is 13.0. The van der Waals surface area contributed by atoms with Crippen LogP contribution >= 0.6 is 11.6 Å². The van der Waals surface area contributed by atoms with E-state index in [1.807, 2.05) is 0 Å². The van der Waals surface area contributed by atoms with Crippen LogP contribution in [0.4, 0.5) is 0 Å². The first-order valence-corrected chi connectivity index (χ1v) is 5.60. The third-order valence-corrected chi connectivity index (χ3v) is 2.56. The van der Waals surface area contributed by atoms with E-state index in [1.165, 1.54) is 0 Å². The van der Waals surface area contributed by atoms with Crippen LogP contribution in [-0.4, -0.2) is 12.3 Å². The maximum absolute atomic E-state index is 11.8. The molecule has 0 radical (unpaired) electrons. The van der Waals surface area contributed by atoms with Crippen LogP contribution in [0.2, 0.25) is 5.02 Å². The second kappa shape index (κ2) is 5.47. The van der Waals surface area contributed by atoms with Crippen LogP contribution in [-0.2, 0) is 0 Å². The van der Waals surface area contributed by atoms with Gasteiger partial charge in [-0.05, 0) is 36.4 Å². The van der Waals surface area contributed by atoms with Crippen molar-refractivity contribution >= 4 is 23.9 Å². The lowest BCUT2D eigenvalue weighted by Gasteiger charge is -2.04. The van der Waals surface area contributed by atoms with Gasteiger partial charge in [-0.1, -0.05) is 23.7 Å². The maximum Gasteiger partial charge on any atom is 0.343 e. The highest BCUT2D eigenvalue weighted by atomic mass is 35.5. The standard InChI is InChI=1S/C14H9ClO3/c15-12-5-7-13(8-6-12)18-14(17)11-3-1-10(9-16)2-4-11/h1-9H. The van der Waals surface area contributed by atoms with Gasteiger partial charge in [-0.25, -0.2) is 4.79 Å². The van der Waals surface area contributed by atoms with Gasteiger partial charge in [0.1, 0.15) is 12.0 Å². The minimum absolute atomic E-state index is 0.385. The molecule has 0 heterocycles. The summed E-state index contributed by atoms with van der Waals surface area (Å²) in [6.07, 6.45) is 0.717. The molecular weight excluding hydrogens is 252 g/mol. The van der Waals surface area contributed by atoms with Crippen LogP contribution in [0.1, 0.15) is 20.7 Å². The molecule has 0 aliphatic carbocycles. The smallest absolute Gasteiger partial charge is 0.343 e. The van der Waals surface area contributed by atoms with Crippen LogP contribution in [0.3, 0.4) is 0 Å². The van der Waals surface area contributed by atoms with Crippen LogP contribution in [0.25, 0.3) is 0 Å². The molecule has 90 valence electrons. The van der Waals surface area contributed by atoms with E-state index in [-0.39, 0.29) is 0 Å². The number of halogens is 1. The Balaban J connectivity index is 2.11. The third kappa shape index (κ3) is 2.96. The molecule has 0 unspecified atom stereocenters. The van der Waals surface area contributed by atoms with Crippen molar-refractivity contribution in [2.45, 2.75) is 0 Å². The number of carbonyl (C=O) groups is 2. The number of hydrogen-bond donors (Lipinski definition) is 0. The topological polar surface area (TPSA) is 43.4 Å². The second-order valence-corrected chi connectivity index (χ2v) is 4.02. The molecule has 0 bridgehead atoms. The molecule has 0 aliphatic heterocycles. The Morgan fingerprint density at radius 1 is 1.00 bits per heavy atom. The maximum atomic E-state index is 11.8. The Labute approximate surface area is 109 Å². The summed E-state index contributed by atoms with van der Waals surface area (Å²) in [5.74, 6) is -0.0568. The van der Waals surface area contributed by atoms with Crippen molar-refractivity contribution in [2.24, 2.45) is 0 Å². The van der Waals surface area contributed by atoms with Crippen molar-refractivity contribution in [3.63, 3.8) is 0 Å². The van der Waals surface area contributed by atoms with E-state index in [0.717, 1.165) is 0 Å². The molecule has 2 rings (SSSR count). The highest BCUT2D eigenvalue weighted by Gasteiger charge is 2.08. The van der Waals surface area contributed by atoms with Gasteiger partial charge in [0.15, 0.2) is 0 Å². The number of aldehydes is 1. The molecule has 4 heteroatoms. The van der Waals surface area contributed by atoms with E-state index >= 15 is 0 Å². The van der Waals surface area contributed by atoms with Gasteiger partial charge in [-0.2, -0.15) is 0 Å². The number of rotatable bonds is 3. The lowest BCUT2D eigenvalue weighted by molar-refractivity contribution is 0.0734. The van der Waals surface area contributed by atoms with Crippen LogP contribution in [0, 0.1) is 0 Å². The van der Waals surface area contributed by atoms with Crippen molar-refractivity contribution in [3.8, 4) is 5.75 Å². The van der Waals surface area contributed by atoms with Crippen LogP contribution in [0.5, 0.6) is 5.75 Å². The Hall–Kier alpha value is -2.13. The fraction of sp³-hybridized carbons (Fsp3) is 0. The average molecular weight is 261 g/mol. The summed E-state index contributed by atoms with van der Waals surface area (Å²) < 4.78 is 5.14. The number of ether oxygens (including phenoxy) is 1. The molecule has 3 nitrogen and oxygen atoms in total. The fourth-order valence-corrected chi connectivity index (χ4v) is 1.49. The van der Waals surface area contributed by atoms with Crippen molar-refractivity contribution in [1.82, 2.24) is 0 Å². The van der Waals surface area contributed by atoms with Crippen molar-refractivity contribution in [2.75, 3.05) is 0 Å². The Morgan fingerprint density at radius 3 is 2.17 bits per heavy atom. The van der Waals surface area contributed by atoms with E-state index in [2.05, 4.69) is 0 Å². The SMILES string of the molecule is O=Cc1ccc(C(=O)Oc2ccc(Cl)cc2)cc1. The normalized spacial score (nSPS) is 9.83. The van der Waals surface area contributed by atoms with Crippen molar-refractivity contribution in [1.29, 1.82) is 0 Å². The quantitative estimate of drug-likeness (QED) is 0.483. The molecule has 18 heavy (non-hydrogen) atoms. The van der Waals surface area contributed by atoms with Gasteiger partial charge in [0.25, 0.3) is 0 Å². The summed E-state index contributed by atoms with van der Waals surface area (Å²) in [6.45, 7) is 0. The fourth-order valence-electron chi connectivity index (χ4n) is 1.37. The first-order chi connectivity index (χ1) is 8.69. The van der Waals surface area contributed by atoms with Gasteiger partial charge < -0.3 is 4.74 Å². The molecule has 0 fully saturated rings. The van der Waals surface area contributed by atoms with Gasteiger partial charge >= 0.3 is 5.97 Å². The Kier molecular flexibility index (Phi) is 3.75. The van der Waals surface area contributed by atoms with Gasteiger partial charge in [0.05, 0.1) is 5.56 Å². The zero-order valence-corrected chi connectivity index (χ0v) is 10.1. The number of benzene rings is 2. The van der Waals surface area contributed by atoms with E-state index in [1.54, 1.807) is 48.5 Å². The third-order valence-electron chi connectivity index (χ3n) is 2.31. The molecule has 0 amide bonds. The predicted octanol–water partition coefficient (Wildman–Crippen LogP) is 3.37. The number of hydrogen-bond acceptors (Lipinski definition) is 3. The molecule has 2 aromatic carbocycles. The van der Waals surface area contributed by atoms with Gasteiger partial charge in [-0.15, -0.1) is 0 Å². The van der Waals surface area contributed by atoms with E-state index in [0.29, 0.717) is 28.2 Å². The van der Waals surface area contributed by atoms with Gasteiger partial charge in [-0.3, -0.25) is 4.79 Å². The highest BCUT2D eigenvalue weighted by Crippen LogP contribution is 2.17. The Morgan fingerprint density at radius 2 is 1.61 bits per heavy atom. The summed E-state index contributed by atoms with van der Waals surface area (Å²) in [4.78, 5) is 22.2. The summed E-state index contributed by atoms with van der Waals surface area (Å²) >= 11 is 5.73. The van der Waals surface area contributed by atoms with E-state index in [9.17, 15) is 9.59 Å². The number of esters is 1. The monoisotopic (exact) mass is 260 g/mol. The molecular formula is C14H9ClO3. The molecule has 0 N–H and O–H groups in total. The summed E-state index contributed by atoms with van der Waals surface area (Å²) in [6, 6.07) is 12.7. The second-order valence-electron chi connectivity index (χ2n) is 3.58. The lowest BCUT2D eigenvalue weighted by Crippen LogP contribution is -2.08. The van der Waals surface area contributed by atoms with Crippen molar-refractivity contribution in [3.05, 3.63) is 64.7 Å². The number of carbonyl (C=O) groups excluding carboxylic acids is 2. The van der Waals surface area contributed by atoms with Gasteiger partial charge in [0.2, 0.25) is 0 Å². The predicted molar refractivity (Wildman–Crippen MR) is 68.2 cm³/mol. The largest absolute Gasteiger partial charge is 0.423 e. The van der Waals surface area contributed by atoms with Crippen molar-refractivity contribution < 1.29 is 14.3 Å². The molecule has 0 saturated carbocycles. The minimum atomic E-state index is -0.477. The molecule has 0 saturated heterocycles. The minimum Gasteiger partial charge on any atom is -0.423 e. The zero-order valence-electron chi connectivity index (χ0n) is 9.30. The lowest BCUT2D eigenvalue weighted by atomic mass is 10.1. The van der Waals surface area contributed by atoms with E-state index < -0.39 is 5.97 Å². The highest BCUT2D eigenvalue weighted by molar-refractivity contribution is 6.30. The summed E-state index contributed by atoms with van der Waals surface area (Å²) in [5, 5.41) is 0.574. The molecule has 2 aromatic rings. The van der Waals surface area contributed by atoms with Gasteiger partial charge in [0, 0.05) is 10.6 Å². The Bertz CT molecular complexity index is 559. The van der Waals surface area contributed by atoms with E-state index in [4.69, 9.17) is 16.3 Å². The first-order valence-electron chi connectivity index (χ1n) is 5.22. The average Bonchev–Trinajstić information content (AvgIpc) is 2.41.